The van der Waals surface area contributed by atoms with Crippen LogP contribution in [0.15, 0.2) is 60.4 Å². The lowest BCUT2D eigenvalue weighted by atomic mass is 9.83. The summed E-state index contributed by atoms with van der Waals surface area (Å²) < 4.78 is 28.3. The third-order valence-electron chi connectivity index (χ3n) is 8.52. The molecule has 2 heterocycles. The molecule has 0 unspecified atom stereocenters. The van der Waals surface area contributed by atoms with Crippen molar-refractivity contribution >= 4 is 24.0 Å². The Morgan fingerprint density at radius 1 is 0.957 bits per heavy atom. The van der Waals surface area contributed by atoms with Crippen LogP contribution in [-0.2, 0) is 33.3 Å². The zero-order valence-corrected chi connectivity index (χ0v) is 24.9. The topological polar surface area (TPSA) is 239 Å². The number of aliphatic hydroxyl groups excluding tert-OH is 3. The van der Waals surface area contributed by atoms with Gasteiger partial charge in [0.15, 0.2) is 17.6 Å². The SMILES string of the molecule is C[C@H]1[C@H]2[C@H](O[C@H]3O[C@@H](COC(=O)/C=C/c4ccc(O)c(O)c4)[C@H](O)[C@@H](O)[C@@H]3OC(=O)c3ccc(O)cc3)OC=C(C(=O)O)[C@H]2C[C@@H]1O. The molecule has 2 aromatic carbocycles. The van der Waals surface area contributed by atoms with E-state index in [1.165, 1.54) is 48.5 Å². The number of carbonyl (C=O) groups is 3. The average Bonchev–Trinajstić information content (AvgIpc) is 3.34. The highest BCUT2D eigenvalue weighted by Crippen LogP contribution is 2.47. The lowest BCUT2D eigenvalue weighted by molar-refractivity contribution is -0.341. The number of phenols is 3. The summed E-state index contributed by atoms with van der Waals surface area (Å²) in [6.45, 7) is 1.09. The number of hydrogen-bond acceptors (Lipinski definition) is 14. The van der Waals surface area contributed by atoms with E-state index in [4.69, 9.17) is 23.7 Å². The van der Waals surface area contributed by atoms with Crippen LogP contribution in [0.3, 0.4) is 0 Å². The van der Waals surface area contributed by atoms with Crippen LogP contribution >= 0.6 is 0 Å². The van der Waals surface area contributed by atoms with E-state index in [9.17, 15) is 50.1 Å². The molecule has 1 saturated heterocycles. The third-order valence-corrected chi connectivity index (χ3v) is 8.52. The number of benzene rings is 2. The Balaban J connectivity index is 1.34. The summed E-state index contributed by atoms with van der Waals surface area (Å²) in [6.07, 6.45) is -7.02. The van der Waals surface area contributed by atoms with E-state index in [0.717, 1.165) is 12.3 Å². The minimum absolute atomic E-state index is 0.0106. The number of carboxylic acids is 1. The summed E-state index contributed by atoms with van der Waals surface area (Å²) in [5.41, 5.74) is 0.294. The molecule has 0 spiro atoms. The number of carboxylic acid groups (broad SMARTS) is 1. The number of ether oxygens (including phenoxy) is 5. The predicted molar refractivity (Wildman–Crippen MR) is 156 cm³/mol. The van der Waals surface area contributed by atoms with E-state index in [1.807, 2.05) is 0 Å². The van der Waals surface area contributed by atoms with E-state index in [-0.39, 0.29) is 29.1 Å². The first-order valence-electron chi connectivity index (χ1n) is 14.6. The Morgan fingerprint density at radius 3 is 2.36 bits per heavy atom. The second-order valence-electron chi connectivity index (χ2n) is 11.5. The number of aromatic hydroxyl groups is 3. The molecule has 47 heavy (non-hydrogen) atoms. The van der Waals surface area contributed by atoms with Gasteiger partial charge in [0.05, 0.1) is 23.5 Å². The first-order chi connectivity index (χ1) is 22.3. The summed E-state index contributed by atoms with van der Waals surface area (Å²) in [7, 11) is 0. The second kappa shape index (κ2) is 14.0. The molecule has 10 atom stereocenters. The van der Waals surface area contributed by atoms with Gasteiger partial charge in [0, 0.05) is 17.9 Å². The molecule has 0 aromatic heterocycles. The highest BCUT2D eigenvalue weighted by molar-refractivity contribution is 5.90. The zero-order valence-electron chi connectivity index (χ0n) is 24.9. The molecular weight excluding hydrogens is 624 g/mol. The summed E-state index contributed by atoms with van der Waals surface area (Å²) in [6, 6.07) is 8.89. The maximum absolute atomic E-state index is 13.0. The Bertz CT molecular complexity index is 1540. The van der Waals surface area contributed by atoms with Crippen molar-refractivity contribution in [3.63, 3.8) is 0 Å². The molecule has 1 aliphatic carbocycles. The van der Waals surface area contributed by atoms with Crippen molar-refractivity contribution in [2.45, 2.75) is 56.4 Å². The average molecular weight is 659 g/mol. The lowest BCUT2D eigenvalue weighted by Crippen LogP contribution is -2.61. The molecule has 2 fully saturated rings. The van der Waals surface area contributed by atoms with E-state index in [2.05, 4.69) is 0 Å². The van der Waals surface area contributed by atoms with Gasteiger partial charge in [0.25, 0.3) is 0 Å². The molecule has 0 radical (unpaired) electrons. The fraction of sp³-hybridized carbons (Fsp3) is 0.406. The number of carbonyl (C=O) groups excluding carboxylic acids is 2. The first-order valence-corrected chi connectivity index (χ1v) is 14.6. The minimum Gasteiger partial charge on any atom is -0.508 e. The zero-order chi connectivity index (χ0) is 34.0. The number of aliphatic carboxylic acids is 1. The molecule has 15 nitrogen and oxygen atoms in total. The maximum Gasteiger partial charge on any atom is 0.338 e. The van der Waals surface area contributed by atoms with Crippen LogP contribution in [0.2, 0.25) is 0 Å². The van der Waals surface area contributed by atoms with Gasteiger partial charge in [-0.2, -0.15) is 0 Å². The summed E-state index contributed by atoms with van der Waals surface area (Å²) in [5, 5.41) is 70.9. The van der Waals surface area contributed by atoms with Gasteiger partial charge in [-0.25, -0.2) is 14.4 Å². The van der Waals surface area contributed by atoms with Gasteiger partial charge < -0.3 is 59.4 Å². The lowest BCUT2D eigenvalue weighted by Gasteiger charge is -2.44. The Kier molecular flexibility index (Phi) is 10.0. The Labute approximate surface area is 267 Å². The summed E-state index contributed by atoms with van der Waals surface area (Å²) >= 11 is 0. The molecule has 15 heteroatoms. The van der Waals surface area contributed by atoms with E-state index in [1.54, 1.807) is 6.92 Å². The van der Waals surface area contributed by atoms with Crippen LogP contribution in [0.4, 0.5) is 0 Å². The smallest absolute Gasteiger partial charge is 0.338 e. The fourth-order valence-electron chi connectivity index (χ4n) is 5.90. The van der Waals surface area contributed by atoms with Crippen molar-refractivity contribution in [3.8, 4) is 17.2 Å². The summed E-state index contributed by atoms with van der Waals surface area (Å²) in [5.74, 6) is -5.79. The van der Waals surface area contributed by atoms with Gasteiger partial charge in [0.1, 0.15) is 30.7 Å². The molecule has 0 amide bonds. The number of esters is 2. The first kappa shape index (κ1) is 33.7. The van der Waals surface area contributed by atoms with E-state index >= 15 is 0 Å². The molecule has 1 saturated carbocycles. The number of phenolic OH excluding ortho intramolecular Hbond substituents is 3. The second-order valence-corrected chi connectivity index (χ2v) is 11.5. The van der Waals surface area contributed by atoms with Crippen LogP contribution in [0.1, 0.15) is 29.3 Å². The molecular formula is C32H34O15. The number of hydrogen-bond donors (Lipinski definition) is 7. The van der Waals surface area contributed by atoms with Gasteiger partial charge in [-0.1, -0.05) is 13.0 Å². The molecule has 0 bridgehead atoms. The number of rotatable bonds is 9. The van der Waals surface area contributed by atoms with Gasteiger partial charge in [0.2, 0.25) is 12.6 Å². The Hall–Kier alpha value is -4.67. The quantitative estimate of drug-likeness (QED) is 0.113. The van der Waals surface area contributed by atoms with E-state index < -0.39 is 91.1 Å². The van der Waals surface area contributed by atoms with Crippen molar-refractivity contribution in [3.05, 3.63) is 71.5 Å². The molecule has 252 valence electrons. The number of aliphatic hydroxyl groups is 3. The monoisotopic (exact) mass is 658 g/mol. The van der Waals surface area contributed by atoms with Crippen molar-refractivity contribution in [1.82, 2.24) is 0 Å². The third kappa shape index (κ3) is 7.34. The van der Waals surface area contributed by atoms with Gasteiger partial charge in [-0.05, 0) is 60.4 Å². The van der Waals surface area contributed by atoms with E-state index in [0.29, 0.717) is 5.56 Å². The van der Waals surface area contributed by atoms with Crippen molar-refractivity contribution in [2.24, 2.45) is 17.8 Å². The molecule has 5 rings (SSSR count). The molecule has 3 aliphatic rings. The molecule has 2 aromatic rings. The van der Waals surface area contributed by atoms with Crippen molar-refractivity contribution < 1.29 is 73.8 Å². The van der Waals surface area contributed by atoms with Crippen LogP contribution in [0, 0.1) is 17.8 Å². The highest BCUT2D eigenvalue weighted by Gasteiger charge is 2.54. The van der Waals surface area contributed by atoms with Crippen LogP contribution < -0.4 is 0 Å². The molecule has 2 aliphatic heterocycles. The normalized spacial score (nSPS) is 31.8. The minimum atomic E-state index is -1.84. The van der Waals surface area contributed by atoms with Gasteiger partial charge >= 0.3 is 17.9 Å². The van der Waals surface area contributed by atoms with Gasteiger partial charge in [-0.15, -0.1) is 0 Å². The largest absolute Gasteiger partial charge is 0.508 e. The van der Waals surface area contributed by atoms with Crippen LogP contribution in [0.25, 0.3) is 6.08 Å². The fourth-order valence-corrected chi connectivity index (χ4v) is 5.90. The van der Waals surface area contributed by atoms with Crippen molar-refractivity contribution in [1.29, 1.82) is 0 Å². The maximum atomic E-state index is 13.0. The van der Waals surface area contributed by atoms with Crippen LogP contribution in [0.5, 0.6) is 17.2 Å². The van der Waals surface area contributed by atoms with Crippen molar-refractivity contribution in [2.75, 3.05) is 6.61 Å². The standard InChI is InChI=1S/C32H34O15/c1-14-21(35)11-18-19(29(40)41)12-44-31(25(14)18)47-32-28(46-30(42)16-4-6-17(33)7-5-16)27(39)26(38)23(45-32)13-43-24(37)9-3-15-2-8-20(34)22(36)10-15/h2-10,12,14,18,21,23,25-28,31-36,38-39H,11,13H2,1H3,(H,40,41)/b9-3+/t14-,18-,21+,23+,25-,26+,27-,28+,31+,32-/m1/s1. The van der Waals surface area contributed by atoms with Crippen LogP contribution in [-0.4, -0.2) is 103 Å². The van der Waals surface area contributed by atoms with Gasteiger partial charge in [-0.3, -0.25) is 0 Å². The summed E-state index contributed by atoms with van der Waals surface area (Å²) in [4.78, 5) is 37.3. The number of fused-ring (bicyclic) bond motifs is 1. The highest BCUT2D eigenvalue weighted by atomic mass is 16.8. The predicted octanol–water partition coefficient (Wildman–Crippen LogP) is 1.01. The molecule has 7 N–H and O–H groups in total. The Morgan fingerprint density at radius 2 is 1.68 bits per heavy atom.